The van der Waals surface area contributed by atoms with Crippen molar-refractivity contribution in [2.75, 3.05) is 7.11 Å². The Morgan fingerprint density at radius 2 is 1.96 bits per heavy atom. The van der Waals surface area contributed by atoms with Gasteiger partial charge in [0.2, 0.25) is 0 Å². The molecule has 7 nitrogen and oxygen atoms in total. The summed E-state index contributed by atoms with van der Waals surface area (Å²) in [4.78, 5) is 22.6. The maximum atomic E-state index is 12.3. The van der Waals surface area contributed by atoms with E-state index < -0.39 is 10.8 Å². The van der Waals surface area contributed by atoms with Crippen LogP contribution < -0.4 is 14.8 Å². The van der Waals surface area contributed by atoms with Gasteiger partial charge in [-0.15, -0.1) is 0 Å². The summed E-state index contributed by atoms with van der Waals surface area (Å²) < 4.78 is 10.9. The van der Waals surface area contributed by atoms with Crippen LogP contribution in [0.4, 0.5) is 5.69 Å². The Morgan fingerprint density at radius 3 is 2.58 bits per heavy atom. The molecule has 0 unspecified atom stereocenters. The van der Waals surface area contributed by atoms with Gasteiger partial charge in [0.25, 0.3) is 11.6 Å². The number of nitrogens with one attached hydrogen (secondary N) is 1. The maximum absolute atomic E-state index is 12.3. The summed E-state index contributed by atoms with van der Waals surface area (Å²) in [7, 11) is 1.54. The quantitative estimate of drug-likeness (QED) is 0.581. The molecule has 0 radical (unpaired) electrons. The molecule has 1 N–H and O–H groups in total. The van der Waals surface area contributed by atoms with E-state index in [1.165, 1.54) is 19.2 Å². The minimum Gasteiger partial charge on any atom is -0.493 e. The second-order valence-corrected chi connectivity index (χ2v) is 6.16. The van der Waals surface area contributed by atoms with Gasteiger partial charge in [-0.3, -0.25) is 14.9 Å². The maximum Gasteiger partial charge on any atom is 0.270 e. The molecule has 138 valence electrons. The molecule has 2 rings (SSSR count). The topological polar surface area (TPSA) is 90.7 Å². The molecule has 0 spiro atoms. The molecule has 0 saturated carbocycles. The average Bonchev–Trinajstić information content (AvgIpc) is 2.60. The lowest BCUT2D eigenvalue weighted by molar-refractivity contribution is -0.384. The summed E-state index contributed by atoms with van der Waals surface area (Å²) in [5, 5.41) is 13.7. The van der Waals surface area contributed by atoms with Crippen molar-refractivity contribution in [1.82, 2.24) is 5.32 Å². The lowest BCUT2D eigenvalue weighted by Gasteiger charge is -2.15. The number of methoxy groups -OCH3 is 1. The van der Waals surface area contributed by atoms with Gasteiger partial charge in [-0.2, -0.15) is 0 Å². The highest BCUT2D eigenvalue weighted by atomic mass is 35.5. The Balaban J connectivity index is 2.12. The first-order chi connectivity index (χ1) is 12.3. The molecular formula is C18H19ClN2O5. The zero-order valence-electron chi connectivity index (χ0n) is 14.6. The molecule has 0 bridgehead atoms. The number of non-ortho nitro benzene ring substituents is 1. The third-order valence-corrected chi connectivity index (χ3v) is 3.78. The molecule has 26 heavy (non-hydrogen) atoms. The van der Waals surface area contributed by atoms with Crippen LogP contribution in [0.1, 0.15) is 29.8 Å². The van der Waals surface area contributed by atoms with E-state index in [-0.39, 0.29) is 28.9 Å². The summed E-state index contributed by atoms with van der Waals surface area (Å²) in [5.41, 5.74) is 0.636. The summed E-state index contributed by atoms with van der Waals surface area (Å²) in [5.74, 6) is 0.665. The van der Waals surface area contributed by atoms with Gasteiger partial charge in [0.05, 0.1) is 28.7 Å². The number of nitro benzene ring substituents is 1. The summed E-state index contributed by atoms with van der Waals surface area (Å²) in [6, 6.07) is 9.05. The SMILES string of the molecule is COc1cc(CNC(=O)c2cc([N+](=O)[O-])ccc2Cl)ccc1OC(C)C. The van der Waals surface area contributed by atoms with Crippen molar-refractivity contribution < 1.29 is 19.2 Å². The van der Waals surface area contributed by atoms with Gasteiger partial charge >= 0.3 is 0 Å². The van der Waals surface area contributed by atoms with Gasteiger partial charge in [-0.05, 0) is 37.6 Å². The highest BCUT2D eigenvalue weighted by Crippen LogP contribution is 2.29. The van der Waals surface area contributed by atoms with Crippen LogP contribution in [0.15, 0.2) is 36.4 Å². The van der Waals surface area contributed by atoms with Crippen molar-refractivity contribution in [3.8, 4) is 11.5 Å². The summed E-state index contributed by atoms with van der Waals surface area (Å²) in [6.45, 7) is 4.03. The molecule has 0 aliphatic heterocycles. The van der Waals surface area contributed by atoms with Gasteiger partial charge in [0, 0.05) is 18.7 Å². The fourth-order valence-corrected chi connectivity index (χ4v) is 2.46. The van der Waals surface area contributed by atoms with Crippen LogP contribution in [0.5, 0.6) is 11.5 Å². The molecule has 8 heteroatoms. The van der Waals surface area contributed by atoms with E-state index in [0.29, 0.717) is 11.5 Å². The number of carbonyl (C=O) groups excluding carboxylic acids is 1. The smallest absolute Gasteiger partial charge is 0.270 e. The average molecular weight is 379 g/mol. The van der Waals surface area contributed by atoms with Crippen LogP contribution in [0.2, 0.25) is 5.02 Å². The third-order valence-electron chi connectivity index (χ3n) is 3.45. The van der Waals surface area contributed by atoms with E-state index in [1.807, 2.05) is 13.8 Å². The molecule has 0 heterocycles. The van der Waals surface area contributed by atoms with E-state index in [0.717, 1.165) is 11.6 Å². The number of nitro groups is 1. The molecule has 0 atom stereocenters. The number of hydrogen-bond donors (Lipinski definition) is 1. The van der Waals surface area contributed by atoms with Crippen molar-refractivity contribution in [2.45, 2.75) is 26.5 Å². The monoisotopic (exact) mass is 378 g/mol. The highest BCUT2D eigenvalue weighted by molar-refractivity contribution is 6.33. The number of ether oxygens (including phenoxy) is 2. The minimum atomic E-state index is -0.578. The predicted octanol–water partition coefficient (Wildman–Crippen LogP) is 3.97. The molecule has 0 aliphatic rings. The number of rotatable bonds is 7. The molecule has 1 amide bonds. The van der Waals surface area contributed by atoms with E-state index in [9.17, 15) is 14.9 Å². The molecule has 0 aliphatic carbocycles. The van der Waals surface area contributed by atoms with Gasteiger partial charge in [-0.1, -0.05) is 17.7 Å². The van der Waals surface area contributed by atoms with Crippen LogP contribution in [0, 0.1) is 10.1 Å². The second-order valence-electron chi connectivity index (χ2n) is 5.76. The van der Waals surface area contributed by atoms with Crippen molar-refractivity contribution in [3.63, 3.8) is 0 Å². The number of benzene rings is 2. The first-order valence-corrected chi connectivity index (χ1v) is 8.25. The standard InChI is InChI=1S/C18H19ClN2O5/c1-11(2)26-16-7-4-12(8-17(16)25-3)10-20-18(22)14-9-13(21(23)24)5-6-15(14)19/h4-9,11H,10H2,1-3H3,(H,20,22). The summed E-state index contributed by atoms with van der Waals surface area (Å²) >= 11 is 5.97. The first-order valence-electron chi connectivity index (χ1n) is 7.87. The van der Waals surface area contributed by atoms with E-state index in [4.69, 9.17) is 21.1 Å². The highest BCUT2D eigenvalue weighted by Gasteiger charge is 2.16. The van der Waals surface area contributed by atoms with E-state index in [1.54, 1.807) is 18.2 Å². The Bertz CT molecular complexity index is 823. The molecule has 2 aromatic rings. The van der Waals surface area contributed by atoms with Gasteiger partial charge in [0.1, 0.15) is 0 Å². The summed E-state index contributed by atoms with van der Waals surface area (Å²) in [6.07, 6.45) is 0.00506. The van der Waals surface area contributed by atoms with Crippen LogP contribution in [0.3, 0.4) is 0 Å². The zero-order chi connectivity index (χ0) is 19.3. The minimum absolute atomic E-state index is 0.00506. The van der Waals surface area contributed by atoms with Crippen LogP contribution >= 0.6 is 11.6 Å². The Labute approximate surface area is 156 Å². The predicted molar refractivity (Wildman–Crippen MR) is 98.0 cm³/mol. The van der Waals surface area contributed by atoms with Crippen LogP contribution in [0.25, 0.3) is 0 Å². The van der Waals surface area contributed by atoms with Crippen molar-refractivity contribution >= 4 is 23.2 Å². The van der Waals surface area contributed by atoms with E-state index >= 15 is 0 Å². The second kappa shape index (κ2) is 8.53. The zero-order valence-corrected chi connectivity index (χ0v) is 15.4. The van der Waals surface area contributed by atoms with E-state index in [2.05, 4.69) is 5.32 Å². The first kappa shape index (κ1) is 19.5. The third kappa shape index (κ3) is 4.86. The number of amides is 1. The number of carbonyl (C=O) groups is 1. The molecule has 2 aromatic carbocycles. The number of hydrogen-bond acceptors (Lipinski definition) is 5. The van der Waals surface area contributed by atoms with Crippen molar-refractivity contribution in [3.05, 3.63) is 62.7 Å². The Morgan fingerprint density at radius 1 is 1.23 bits per heavy atom. The van der Waals surface area contributed by atoms with Gasteiger partial charge < -0.3 is 14.8 Å². The fourth-order valence-electron chi connectivity index (χ4n) is 2.25. The molecule has 0 fully saturated rings. The number of halogens is 1. The van der Waals surface area contributed by atoms with Crippen molar-refractivity contribution in [1.29, 1.82) is 0 Å². The molecule has 0 aromatic heterocycles. The molecule has 0 saturated heterocycles. The lowest BCUT2D eigenvalue weighted by Crippen LogP contribution is -2.23. The number of nitrogens with zero attached hydrogens (tertiary/aromatic N) is 1. The fraction of sp³-hybridized carbons (Fsp3) is 0.278. The normalized spacial score (nSPS) is 10.5. The largest absolute Gasteiger partial charge is 0.493 e. The van der Waals surface area contributed by atoms with Gasteiger partial charge in [-0.25, -0.2) is 0 Å². The molecular weight excluding hydrogens is 360 g/mol. The van der Waals surface area contributed by atoms with Crippen LogP contribution in [-0.2, 0) is 6.54 Å². The van der Waals surface area contributed by atoms with Crippen molar-refractivity contribution in [2.24, 2.45) is 0 Å². The van der Waals surface area contributed by atoms with Crippen LogP contribution in [-0.4, -0.2) is 24.0 Å². The Kier molecular flexibility index (Phi) is 6.41. The lowest BCUT2D eigenvalue weighted by atomic mass is 10.1. The Hall–Kier alpha value is -2.80. The van der Waals surface area contributed by atoms with Gasteiger partial charge in [0.15, 0.2) is 11.5 Å².